The minimum Gasteiger partial charge on any atom is -0.338 e. The van der Waals surface area contributed by atoms with E-state index in [1.165, 1.54) is 5.56 Å². The van der Waals surface area contributed by atoms with Crippen molar-refractivity contribution >= 4 is 5.91 Å². The summed E-state index contributed by atoms with van der Waals surface area (Å²) in [5.74, 6) is 0.633. The van der Waals surface area contributed by atoms with Gasteiger partial charge in [0.05, 0.1) is 6.04 Å². The number of rotatable bonds is 3. The second kappa shape index (κ2) is 5.53. The van der Waals surface area contributed by atoms with E-state index in [1.807, 2.05) is 11.0 Å². The first kappa shape index (κ1) is 13.1. The molecule has 1 aromatic carbocycles. The molecule has 98 valence electrons. The molecular formula is C15H22N2O. The van der Waals surface area contributed by atoms with Gasteiger partial charge in [-0.3, -0.25) is 4.79 Å². The van der Waals surface area contributed by atoms with Crippen molar-refractivity contribution in [2.45, 2.75) is 38.8 Å². The zero-order valence-corrected chi connectivity index (χ0v) is 11.2. The normalized spacial score (nSPS) is 25.2. The van der Waals surface area contributed by atoms with Crippen molar-refractivity contribution < 1.29 is 4.79 Å². The fourth-order valence-corrected chi connectivity index (χ4v) is 2.77. The van der Waals surface area contributed by atoms with Gasteiger partial charge in [0, 0.05) is 12.6 Å². The van der Waals surface area contributed by atoms with Crippen molar-refractivity contribution in [3.8, 4) is 0 Å². The van der Waals surface area contributed by atoms with Crippen LogP contribution in [-0.4, -0.2) is 29.4 Å². The highest BCUT2D eigenvalue weighted by atomic mass is 16.2. The summed E-state index contributed by atoms with van der Waals surface area (Å²) in [4.78, 5) is 13.9. The molecule has 3 nitrogen and oxygen atoms in total. The van der Waals surface area contributed by atoms with Crippen LogP contribution in [-0.2, 0) is 11.2 Å². The Morgan fingerprint density at radius 2 is 2.11 bits per heavy atom. The van der Waals surface area contributed by atoms with Gasteiger partial charge in [-0.15, -0.1) is 0 Å². The molecule has 1 saturated heterocycles. The van der Waals surface area contributed by atoms with Gasteiger partial charge < -0.3 is 10.6 Å². The molecule has 3 atom stereocenters. The maximum absolute atomic E-state index is 12.0. The molecule has 0 radical (unpaired) electrons. The number of carbonyl (C=O) groups excluding carboxylic acids is 1. The Labute approximate surface area is 109 Å². The van der Waals surface area contributed by atoms with Gasteiger partial charge in [-0.05, 0) is 38.2 Å². The second-order valence-corrected chi connectivity index (χ2v) is 5.30. The van der Waals surface area contributed by atoms with E-state index >= 15 is 0 Å². The van der Waals surface area contributed by atoms with Crippen LogP contribution >= 0.6 is 0 Å². The quantitative estimate of drug-likeness (QED) is 0.884. The molecule has 1 heterocycles. The third-order valence-corrected chi connectivity index (χ3v) is 3.93. The molecule has 2 N–H and O–H groups in total. The zero-order valence-electron chi connectivity index (χ0n) is 11.2. The van der Waals surface area contributed by atoms with Crippen LogP contribution in [0, 0.1) is 5.92 Å². The highest BCUT2D eigenvalue weighted by Crippen LogP contribution is 2.27. The fourth-order valence-electron chi connectivity index (χ4n) is 2.77. The summed E-state index contributed by atoms with van der Waals surface area (Å²) < 4.78 is 0. The van der Waals surface area contributed by atoms with Crippen molar-refractivity contribution in [3.05, 3.63) is 35.9 Å². The summed E-state index contributed by atoms with van der Waals surface area (Å²) >= 11 is 0. The Morgan fingerprint density at radius 1 is 1.44 bits per heavy atom. The van der Waals surface area contributed by atoms with Crippen molar-refractivity contribution in [1.82, 2.24) is 4.90 Å². The van der Waals surface area contributed by atoms with Gasteiger partial charge in [-0.2, -0.15) is 0 Å². The Balaban J connectivity index is 1.99. The van der Waals surface area contributed by atoms with Crippen LogP contribution in [0.5, 0.6) is 0 Å². The molecule has 0 saturated carbocycles. The van der Waals surface area contributed by atoms with E-state index in [-0.39, 0.29) is 11.9 Å². The Morgan fingerprint density at radius 3 is 2.72 bits per heavy atom. The molecule has 2 rings (SSSR count). The standard InChI is InChI=1S/C15H22N2O/c1-11(16)15(18)17-9-8-14(12(17)2)10-13-6-4-3-5-7-13/h3-7,11-12,14H,8-10,16H2,1-2H3/t11-,12?,14?/m0/s1. The van der Waals surface area contributed by atoms with E-state index in [1.54, 1.807) is 6.92 Å². The zero-order chi connectivity index (χ0) is 13.1. The summed E-state index contributed by atoms with van der Waals surface area (Å²) in [5.41, 5.74) is 7.04. The Bertz CT molecular complexity index is 402. The van der Waals surface area contributed by atoms with E-state index in [2.05, 4.69) is 31.2 Å². The van der Waals surface area contributed by atoms with E-state index < -0.39 is 0 Å². The molecular weight excluding hydrogens is 224 g/mol. The lowest BCUT2D eigenvalue weighted by Gasteiger charge is -2.26. The van der Waals surface area contributed by atoms with Crippen molar-refractivity contribution in [3.63, 3.8) is 0 Å². The first-order chi connectivity index (χ1) is 8.59. The minimum atomic E-state index is -0.386. The molecule has 0 aliphatic carbocycles. The van der Waals surface area contributed by atoms with Crippen molar-refractivity contribution in [2.75, 3.05) is 6.54 Å². The molecule has 1 amide bonds. The van der Waals surface area contributed by atoms with Crippen molar-refractivity contribution in [1.29, 1.82) is 0 Å². The third-order valence-electron chi connectivity index (χ3n) is 3.93. The number of amides is 1. The maximum atomic E-state index is 12.0. The van der Waals surface area contributed by atoms with E-state index in [0.717, 1.165) is 19.4 Å². The van der Waals surface area contributed by atoms with E-state index in [4.69, 9.17) is 5.73 Å². The number of benzene rings is 1. The highest BCUT2D eigenvalue weighted by molar-refractivity contribution is 5.81. The molecule has 2 unspecified atom stereocenters. The van der Waals surface area contributed by atoms with Crippen LogP contribution in [0.2, 0.25) is 0 Å². The van der Waals surface area contributed by atoms with Crippen LogP contribution in [0.15, 0.2) is 30.3 Å². The number of hydrogen-bond acceptors (Lipinski definition) is 2. The number of nitrogens with two attached hydrogens (primary N) is 1. The predicted octanol–water partition coefficient (Wildman–Crippen LogP) is 1.81. The SMILES string of the molecule is CC1C(Cc2ccccc2)CCN1C(=O)[C@H](C)N. The lowest BCUT2D eigenvalue weighted by molar-refractivity contribution is -0.133. The van der Waals surface area contributed by atoms with Crippen LogP contribution in [0.1, 0.15) is 25.8 Å². The monoisotopic (exact) mass is 246 g/mol. The van der Waals surface area contributed by atoms with Gasteiger partial charge in [-0.25, -0.2) is 0 Å². The first-order valence-corrected chi connectivity index (χ1v) is 6.69. The number of carbonyl (C=O) groups is 1. The molecule has 1 fully saturated rings. The summed E-state index contributed by atoms with van der Waals surface area (Å²) in [5, 5.41) is 0. The highest BCUT2D eigenvalue weighted by Gasteiger charge is 2.34. The minimum absolute atomic E-state index is 0.0815. The molecule has 18 heavy (non-hydrogen) atoms. The summed E-state index contributed by atoms with van der Waals surface area (Å²) in [6.45, 7) is 4.75. The number of likely N-dealkylation sites (tertiary alicyclic amines) is 1. The van der Waals surface area contributed by atoms with Gasteiger partial charge in [0.25, 0.3) is 0 Å². The van der Waals surface area contributed by atoms with Crippen LogP contribution in [0.25, 0.3) is 0 Å². The van der Waals surface area contributed by atoms with Gasteiger partial charge in [0.2, 0.25) is 5.91 Å². The Hall–Kier alpha value is -1.35. The van der Waals surface area contributed by atoms with Crippen LogP contribution < -0.4 is 5.73 Å². The molecule has 1 aromatic rings. The third kappa shape index (κ3) is 2.72. The largest absolute Gasteiger partial charge is 0.338 e. The van der Waals surface area contributed by atoms with Gasteiger partial charge in [-0.1, -0.05) is 30.3 Å². The van der Waals surface area contributed by atoms with Gasteiger partial charge >= 0.3 is 0 Å². The lowest BCUT2D eigenvalue weighted by atomic mass is 9.93. The average Bonchev–Trinajstić information content (AvgIpc) is 2.71. The smallest absolute Gasteiger partial charge is 0.239 e. The van der Waals surface area contributed by atoms with Gasteiger partial charge in [0.1, 0.15) is 0 Å². The first-order valence-electron chi connectivity index (χ1n) is 6.69. The fraction of sp³-hybridized carbons (Fsp3) is 0.533. The topological polar surface area (TPSA) is 46.3 Å². The molecule has 0 spiro atoms. The summed E-state index contributed by atoms with van der Waals surface area (Å²) in [6.07, 6.45) is 2.12. The molecule has 3 heteroatoms. The van der Waals surface area contributed by atoms with E-state index in [0.29, 0.717) is 12.0 Å². The molecule has 1 aliphatic rings. The summed E-state index contributed by atoms with van der Waals surface area (Å²) in [6, 6.07) is 10.4. The second-order valence-electron chi connectivity index (χ2n) is 5.30. The Kier molecular flexibility index (Phi) is 4.02. The van der Waals surface area contributed by atoms with Crippen LogP contribution in [0.4, 0.5) is 0 Å². The average molecular weight is 246 g/mol. The summed E-state index contributed by atoms with van der Waals surface area (Å²) in [7, 11) is 0. The lowest BCUT2D eigenvalue weighted by Crippen LogP contribution is -2.44. The maximum Gasteiger partial charge on any atom is 0.239 e. The predicted molar refractivity (Wildman–Crippen MR) is 73.1 cm³/mol. The molecule has 0 aromatic heterocycles. The van der Waals surface area contributed by atoms with E-state index in [9.17, 15) is 4.79 Å². The number of nitrogens with zero attached hydrogens (tertiary/aromatic N) is 1. The van der Waals surface area contributed by atoms with Crippen molar-refractivity contribution in [2.24, 2.45) is 11.7 Å². The van der Waals surface area contributed by atoms with Crippen LogP contribution in [0.3, 0.4) is 0 Å². The van der Waals surface area contributed by atoms with Gasteiger partial charge in [0.15, 0.2) is 0 Å². The molecule has 0 bridgehead atoms. The molecule has 1 aliphatic heterocycles. The number of hydrogen-bond donors (Lipinski definition) is 1.